The first-order valence-electron chi connectivity index (χ1n) is 7.73. The zero-order chi connectivity index (χ0) is 15.5. The van der Waals surface area contributed by atoms with E-state index in [9.17, 15) is 0 Å². The fourth-order valence-corrected chi connectivity index (χ4v) is 3.67. The molecule has 2 aromatic heterocycles. The minimum absolute atomic E-state index is 0.485. The predicted molar refractivity (Wildman–Crippen MR) is 84.0 cm³/mol. The molecule has 0 N–H and O–H groups in total. The third-order valence-corrected chi connectivity index (χ3v) is 4.72. The van der Waals surface area contributed by atoms with Crippen LogP contribution in [0.2, 0.25) is 0 Å². The number of nitrogens with zero attached hydrogens (tertiary/aromatic N) is 6. The zero-order valence-electron chi connectivity index (χ0n) is 13.3. The standard InChI is InChI=1S/C14H22N6OS/c1-4-21-14-17-16-13(22-14)9-19-7-5-6-12(19)8-20-11(3)15-10(2)18-20/h12H,4-9H2,1-3H3. The molecule has 0 aromatic carbocycles. The highest BCUT2D eigenvalue weighted by atomic mass is 32.1. The molecule has 0 amide bonds. The number of rotatable bonds is 6. The maximum atomic E-state index is 5.40. The van der Waals surface area contributed by atoms with E-state index in [0.717, 1.165) is 36.3 Å². The quantitative estimate of drug-likeness (QED) is 0.808. The smallest absolute Gasteiger partial charge is 0.294 e. The maximum Gasteiger partial charge on any atom is 0.294 e. The van der Waals surface area contributed by atoms with Gasteiger partial charge in [0.2, 0.25) is 0 Å². The molecule has 1 aliphatic rings. The number of likely N-dealkylation sites (tertiary alicyclic amines) is 1. The van der Waals surface area contributed by atoms with Crippen LogP contribution in [0.1, 0.15) is 36.4 Å². The Morgan fingerprint density at radius 3 is 2.91 bits per heavy atom. The van der Waals surface area contributed by atoms with Crippen molar-refractivity contribution in [1.82, 2.24) is 29.9 Å². The highest BCUT2D eigenvalue weighted by Gasteiger charge is 2.26. The van der Waals surface area contributed by atoms with Crippen LogP contribution in [0.25, 0.3) is 0 Å². The van der Waals surface area contributed by atoms with Gasteiger partial charge in [0.25, 0.3) is 5.19 Å². The van der Waals surface area contributed by atoms with Crippen molar-refractivity contribution in [2.24, 2.45) is 0 Å². The Morgan fingerprint density at radius 2 is 2.18 bits per heavy atom. The highest BCUT2D eigenvalue weighted by molar-refractivity contribution is 7.13. The third kappa shape index (κ3) is 3.44. The fourth-order valence-electron chi connectivity index (χ4n) is 2.90. The van der Waals surface area contributed by atoms with E-state index in [1.54, 1.807) is 0 Å². The largest absolute Gasteiger partial charge is 0.469 e. The van der Waals surface area contributed by atoms with E-state index < -0.39 is 0 Å². The van der Waals surface area contributed by atoms with Crippen LogP contribution in [0.3, 0.4) is 0 Å². The van der Waals surface area contributed by atoms with Gasteiger partial charge in [0.05, 0.1) is 19.7 Å². The minimum atomic E-state index is 0.485. The Balaban J connectivity index is 1.63. The third-order valence-electron chi connectivity index (χ3n) is 3.90. The molecule has 2 aromatic rings. The first kappa shape index (κ1) is 15.4. The summed E-state index contributed by atoms with van der Waals surface area (Å²) in [5.41, 5.74) is 0. The summed E-state index contributed by atoms with van der Waals surface area (Å²) in [5.74, 6) is 1.83. The molecule has 22 heavy (non-hydrogen) atoms. The first-order chi connectivity index (χ1) is 10.7. The molecule has 3 heterocycles. The molecule has 0 aliphatic carbocycles. The van der Waals surface area contributed by atoms with Gasteiger partial charge < -0.3 is 4.74 Å². The molecule has 7 nitrogen and oxygen atoms in total. The molecular weight excluding hydrogens is 300 g/mol. The Labute approximate surface area is 134 Å². The van der Waals surface area contributed by atoms with Crippen molar-refractivity contribution in [2.75, 3.05) is 13.2 Å². The van der Waals surface area contributed by atoms with Gasteiger partial charge in [-0.2, -0.15) is 5.10 Å². The summed E-state index contributed by atoms with van der Waals surface area (Å²) >= 11 is 1.54. The minimum Gasteiger partial charge on any atom is -0.469 e. The number of ether oxygens (including phenoxy) is 1. The van der Waals surface area contributed by atoms with Crippen molar-refractivity contribution >= 4 is 11.3 Å². The van der Waals surface area contributed by atoms with Gasteiger partial charge >= 0.3 is 0 Å². The summed E-state index contributed by atoms with van der Waals surface area (Å²) in [7, 11) is 0. The Morgan fingerprint density at radius 1 is 1.32 bits per heavy atom. The molecule has 1 atom stereocenters. The summed E-state index contributed by atoms with van der Waals surface area (Å²) in [4.78, 5) is 6.85. The zero-order valence-corrected chi connectivity index (χ0v) is 14.1. The molecule has 0 spiro atoms. The summed E-state index contributed by atoms with van der Waals surface area (Å²) in [6.07, 6.45) is 2.41. The summed E-state index contributed by atoms with van der Waals surface area (Å²) in [6, 6.07) is 0.485. The lowest BCUT2D eigenvalue weighted by Crippen LogP contribution is -2.33. The number of hydrogen-bond donors (Lipinski definition) is 0. The summed E-state index contributed by atoms with van der Waals surface area (Å²) < 4.78 is 7.41. The predicted octanol–water partition coefficient (Wildman–Crippen LogP) is 1.81. The van der Waals surface area contributed by atoms with Gasteiger partial charge in [-0.15, -0.1) is 10.2 Å². The van der Waals surface area contributed by atoms with Crippen molar-refractivity contribution in [3.63, 3.8) is 0 Å². The van der Waals surface area contributed by atoms with E-state index in [2.05, 4.69) is 25.2 Å². The Hall–Kier alpha value is -1.54. The van der Waals surface area contributed by atoms with Crippen LogP contribution in [0.5, 0.6) is 5.19 Å². The molecule has 1 aliphatic heterocycles. The van der Waals surface area contributed by atoms with Crippen LogP contribution in [0.4, 0.5) is 0 Å². The van der Waals surface area contributed by atoms with Crippen LogP contribution >= 0.6 is 11.3 Å². The first-order valence-corrected chi connectivity index (χ1v) is 8.54. The second-order valence-corrected chi connectivity index (χ2v) is 6.57. The van der Waals surface area contributed by atoms with Crippen molar-refractivity contribution < 1.29 is 4.74 Å². The van der Waals surface area contributed by atoms with Crippen LogP contribution < -0.4 is 4.74 Å². The van der Waals surface area contributed by atoms with Gasteiger partial charge in [-0.3, -0.25) is 4.90 Å². The molecule has 1 unspecified atom stereocenters. The highest BCUT2D eigenvalue weighted by Crippen LogP contribution is 2.25. The van der Waals surface area contributed by atoms with E-state index in [-0.39, 0.29) is 0 Å². The second-order valence-electron chi connectivity index (χ2n) is 5.55. The lowest BCUT2D eigenvalue weighted by molar-refractivity contribution is 0.217. The second kappa shape index (κ2) is 6.70. The molecule has 1 saturated heterocycles. The monoisotopic (exact) mass is 322 g/mol. The van der Waals surface area contributed by atoms with Crippen molar-refractivity contribution in [2.45, 2.75) is 52.7 Å². The van der Waals surface area contributed by atoms with Crippen LogP contribution in [-0.2, 0) is 13.1 Å². The fraction of sp³-hybridized carbons (Fsp3) is 0.714. The molecule has 8 heteroatoms. The molecule has 3 rings (SSSR count). The van der Waals surface area contributed by atoms with Gasteiger partial charge in [0.15, 0.2) is 0 Å². The van der Waals surface area contributed by atoms with Crippen LogP contribution in [0, 0.1) is 13.8 Å². The number of aromatic nitrogens is 5. The van der Waals surface area contributed by atoms with E-state index in [1.165, 1.54) is 24.2 Å². The van der Waals surface area contributed by atoms with Crippen molar-refractivity contribution in [1.29, 1.82) is 0 Å². The molecular formula is C14H22N6OS. The SMILES string of the molecule is CCOc1nnc(CN2CCCC2Cn2nc(C)nc2C)s1. The summed E-state index contributed by atoms with van der Waals surface area (Å²) in [5, 5.41) is 14.5. The topological polar surface area (TPSA) is 69.0 Å². The molecule has 0 bridgehead atoms. The van der Waals surface area contributed by atoms with E-state index >= 15 is 0 Å². The van der Waals surface area contributed by atoms with Crippen molar-refractivity contribution in [3.05, 3.63) is 16.7 Å². The maximum absolute atomic E-state index is 5.40. The Kier molecular flexibility index (Phi) is 4.68. The van der Waals surface area contributed by atoms with Crippen LogP contribution in [-0.4, -0.2) is 49.1 Å². The Bertz CT molecular complexity index is 625. The lowest BCUT2D eigenvalue weighted by atomic mass is 10.2. The van der Waals surface area contributed by atoms with Gasteiger partial charge in [0.1, 0.15) is 16.7 Å². The average Bonchev–Trinajstić information content (AvgIpc) is 3.16. The van der Waals surface area contributed by atoms with E-state index in [4.69, 9.17) is 4.74 Å². The molecule has 0 saturated carbocycles. The number of aryl methyl sites for hydroxylation is 2. The van der Waals surface area contributed by atoms with Gasteiger partial charge in [0, 0.05) is 6.04 Å². The van der Waals surface area contributed by atoms with Crippen molar-refractivity contribution in [3.8, 4) is 5.19 Å². The lowest BCUT2D eigenvalue weighted by Gasteiger charge is -2.23. The van der Waals surface area contributed by atoms with E-state index in [1.807, 2.05) is 25.5 Å². The van der Waals surface area contributed by atoms with Gasteiger partial charge in [-0.05, 0) is 40.2 Å². The van der Waals surface area contributed by atoms with E-state index in [0.29, 0.717) is 17.8 Å². The summed E-state index contributed by atoms with van der Waals surface area (Å²) in [6.45, 7) is 9.36. The molecule has 1 fully saturated rings. The average molecular weight is 322 g/mol. The molecule has 120 valence electrons. The molecule has 0 radical (unpaired) electrons. The normalized spacial score (nSPS) is 19.0. The van der Waals surface area contributed by atoms with Gasteiger partial charge in [-0.1, -0.05) is 11.3 Å². The number of hydrogen-bond acceptors (Lipinski definition) is 7. The van der Waals surface area contributed by atoms with Crippen LogP contribution in [0.15, 0.2) is 0 Å². The van der Waals surface area contributed by atoms with Gasteiger partial charge in [-0.25, -0.2) is 9.67 Å².